The minimum atomic E-state index is -0.201. The molecule has 3 atom stereocenters. The molecule has 2 fully saturated rings. The molecule has 0 unspecified atom stereocenters. The fourth-order valence-electron chi connectivity index (χ4n) is 3.24. The van der Waals surface area contributed by atoms with Crippen molar-refractivity contribution in [2.75, 3.05) is 11.4 Å². The maximum absolute atomic E-state index is 12.6. The number of anilines is 1. The van der Waals surface area contributed by atoms with Crippen LogP contribution in [-0.2, 0) is 9.59 Å². The molecule has 2 heterocycles. The van der Waals surface area contributed by atoms with Gasteiger partial charge in [-0.3, -0.25) is 9.59 Å². The van der Waals surface area contributed by atoms with Crippen LogP contribution in [0.3, 0.4) is 0 Å². The van der Waals surface area contributed by atoms with Gasteiger partial charge in [-0.2, -0.15) is 0 Å². The van der Waals surface area contributed by atoms with Crippen LogP contribution in [0.15, 0.2) is 30.3 Å². The molecule has 4 nitrogen and oxygen atoms in total. The lowest BCUT2D eigenvalue weighted by Crippen LogP contribution is -2.40. The molecule has 1 aromatic carbocycles. The molecule has 1 aromatic rings. The molecule has 2 aliphatic heterocycles. The quantitative estimate of drug-likeness (QED) is 0.816. The van der Waals surface area contributed by atoms with Crippen molar-refractivity contribution in [1.82, 2.24) is 5.32 Å². The molecule has 2 amide bonds. The van der Waals surface area contributed by atoms with E-state index in [1.165, 1.54) is 4.90 Å². The fourth-order valence-corrected chi connectivity index (χ4v) is 3.24. The summed E-state index contributed by atoms with van der Waals surface area (Å²) >= 11 is 0. The van der Waals surface area contributed by atoms with Gasteiger partial charge in [0.2, 0.25) is 11.8 Å². The van der Waals surface area contributed by atoms with Crippen molar-refractivity contribution >= 4 is 17.5 Å². The Balaban J connectivity index is 1.95. The van der Waals surface area contributed by atoms with E-state index < -0.39 is 0 Å². The number of para-hydroxylation sites is 1. The van der Waals surface area contributed by atoms with Crippen molar-refractivity contribution in [1.29, 1.82) is 0 Å². The monoisotopic (exact) mass is 258 g/mol. The predicted molar refractivity (Wildman–Crippen MR) is 72.5 cm³/mol. The molecule has 1 N–H and O–H groups in total. The molecule has 100 valence electrons. The summed E-state index contributed by atoms with van der Waals surface area (Å²) in [6, 6.07) is 9.32. The van der Waals surface area contributed by atoms with E-state index in [1.54, 1.807) is 0 Å². The van der Waals surface area contributed by atoms with Gasteiger partial charge in [-0.15, -0.1) is 0 Å². The molecule has 0 radical (unpaired) electrons. The highest BCUT2D eigenvalue weighted by atomic mass is 16.2. The Kier molecular flexibility index (Phi) is 2.90. The highest BCUT2D eigenvalue weighted by Gasteiger charge is 2.55. The number of hydrogen-bond acceptors (Lipinski definition) is 3. The zero-order valence-electron chi connectivity index (χ0n) is 11.2. The van der Waals surface area contributed by atoms with Crippen molar-refractivity contribution in [3.05, 3.63) is 30.3 Å². The SMILES string of the molecule is CC(C)[C@@H]1NC[C@H]2C(=O)N(c3ccccc3)C(=O)[C@H]21. The minimum absolute atomic E-state index is 0.0510. The summed E-state index contributed by atoms with van der Waals surface area (Å²) in [5.41, 5.74) is 0.689. The van der Waals surface area contributed by atoms with Crippen molar-refractivity contribution in [3.8, 4) is 0 Å². The van der Waals surface area contributed by atoms with Crippen LogP contribution in [0.4, 0.5) is 5.69 Å². The zero-order valence-corrected chi connectivity index (χ0v) is 11.2. The molecular weight excluding hydrogens is 240 g/mol. The van der Waals surface area contributed by atoms with Gasteiger partial charge in [0.25, 0.3) is 0 Å². The van der Waals surface area contributed by atoms with Gasteiger partial charge in [-0.05, 0) is 18.1 Å². The van der Waals surface area contributed by atoms with Crippen molar-refractivity contribution in [2.45, 2.75) is 19.9 Å². The van der Waals surface area contributed by atoms with Crippen LogP contribution in [0.1, 0.15) is 13.8 Å². The summed E-state index contributed by atoms with van der Waals surface area (Å²) in [7, 11) is 0. The molecule has 4 heteroatoms. The number of imide groups is 1. The Morgan fingerprint density at radius 3 is 2.47 bits per heavy atom. The van der Waals surface area contributed by atoms with E-state index in [0.717, 1.165) is 0 Å². The van der Waals surface area contributed by atoms with E-state index in [-0.39, 0.29) is 29.7 Å². The van der Waals surface area contributed by atoms with Crippen LogP contribution in [-0.4, -0.2) is 24.4 Å². The first-order valence-electron chi connectivity index (χ1n) is 6.77. The largest absolute Gasteiger partial charge is 0.312 e. The van der Waals surface area contributed by atoms with Crippen LogP contribution in [0, 0.1) is 17.8 Å². The van der Waals surface area contributed by atoms with Gasteiger partial charge in [-0.25, -0.2) is 4.90 Å². The molecular formula is C15H18N2O2. The summed E-state index contributed by atoms with van der Waals surface area (Å²) in [6.45, 7) is 4.79. The zero-order chi connectivity index (χ0) is 13.6. The second kappa shape index (κ2) is 4.46. The van der Waals surface area contributed by atoms with Gasteiger partial charge < -0.3 is 5.32 Å². The summed E-state index contributed by atoms with van der Waals surface area (Å²) < 4.78 is 0. The number of carbonyl (C=O) groups is 2. The molecule has 2 aliphatic rings. The third kappa shape index (κ3) is 1.78. The lowest BCUT2D eigenvalue weighted by atomic mass is 9.87. The normalized spacial score (nSPS) is 30.3. The molecule has 3 rings (SSSR count). The van der Waals surface area contributed by atoms with E-state index in [1.807, 2.05) is 30.3 Å². The maximum Gasteiger partial charge on any atom is 0.239 e. The Bertz CT molecular complexity index is 512. The summed E-state index contributed by atoms with van der Waals surface area (Å²) in [5, 5.41) is 3.32. The van der Waals surface area contributed by atoms with Crippen LogP contribution >= 0.6 is 0 Å². The van der Waals surface area contributed by atoms with Gasteiger partial charge in [0.1, 0.15) is 0 Å². The van der Waals surface area contributed by atoms with E-state index in [4.69, 9.17) is 0 Å². The van der Waals surface area contributed by atoms with Gasteiger partial charge in [-0.1, -0.05) is 32.0 Å². The Morgan fingerprint density at radius 2 is 1.84 bits per heavy atom. The standard InChI is InChI=1S/C15H18N2O2/c1-9(2)13-12-11(8-16-13)14(18)17(15(12)19)10-6-4-3-5-7-10/h3-7,9,11-13,16H,8H2,1-2H3/t11-,12-,13+/m1/s1. The minimum Gasteiger partial charge on any atom is -0.312 e. The van der Waals surface area contributed by atoms with E-state index in [0.29, 0.717) is 18.2 Å². The van der Waals surface area contributed by atoms with Crippen LogP contribution in [0.25, 0.3) is 0 Å². The van der Waals surface area contributed by atoms with Gasteiger partial charge >= 0.3 is 0 Å². The number of rotatable bonds is 2. The van der Waals surface area contributed by atoms with Crippen LogP contribution in [0.2, 0.25) is 0 Å². The average Bonchev–Trinajstić information content (AvgIpc) is 2.93. The lowest BCUT2D eigenvalue weighted by molar-refractivity contribution is -0.123. The topological polar surface area (TPSA) is 49.4 Å². The van der Waals surface area contributed by atoms with Crippen molar-refractivity contribution in [2.24, 2.45) is 17.8 Å². The second-order valence-electron chi connectivity index (χ2n) is 5.66. The fraction of sp³-hybridized carbons (Fsp3) is 0.467. The van der Waals surface area contributed by atoms with Crippen molar-refractivity contribution in [3.63, 3.8) is 0 Å². The van der Waals surface area contributed by atoms with E-state index >= 15 is 0 Å². The number of benzene rings is 1. The molecule has 0 bridgehead atoms. The highest BCUT2D eigenvalue weighted by molar-refractivity contribution is 6.22. The Morgan fingerprint density at radius 1 is 1.16 bits per heavy atom. The summed E-state index contributed by atoms with van der Waals surface area (Å²) in [4.78, 5) is 26.4. The Labute approximate surface area is 112 Å². The third-order valence-corrected chi connectivity index (χ3v) is 4.17. The first-order valence-corrected chi connectivity index (χ1v) is 6.77. The molecule has 2 saturated heterocycles. The van der Waals surface area contributed by atoms with E-state index in [9.17, 15) is 9.59 Å². The number of nitrogens with one attached hydrogen (secondary N) is 1. The molecule has 0 spiro atoms. The number of fused-ring (bicyclic) bond motifs is 1. The average molecular weight is 258 g/mol. The molecule has 19 heavy (non-hydrogen) atoms. The summed E-state index contributed by atoms with van der Waals surface area (Å²) in [6.07, 6.45) is 0. The number of amides is 2. The highest BCUT2D eigenvalue weighted by Crippen LogP contribution is 2.38. The maximum atomic E-state index is 12.6. The number of nitrogens with zero attached hydrogens (tertiary/aromatic N) is 1. The van der Waals surface area contributed by atoms with Gasteiger partial charge in [0.15, 0.2) is 0 Å². The predicted octanol–water partition coefficient (Wildman–Crippen LogP) is 1.42. The number of hydrogen-bond donors (Lipinski definition) is 1. The Hall–Kier alpha value is -1.68. The first kappa shape index (κ1) is 12.4. The van der Waals surface area contributed by atoms with Gasteiger partial charge in [0, 0.05) is 12.6 Å². The van der Waals surface area contributed by atoms with Gasteiger partial charge in [0.05, 0.1) is 17.5 Å². The third-order valence-electron chi connectivity index (χ3n) is 4.17. The number of carbonyl (C=O) groups excluding carboxylic acids is 2. The van der Waals surface area contributed by atoms with Crippen LogP contribution in [0.5, 0.6) is 0 Å². The molecule has 0 aromatic heterocycles. The lowest BCUT2D eigenvalue weighted by Gasteiger charge is -2.22. The molecule has 0 aliphatic carbocycles. The van der Waals surface area contributed by atoms with Crippen molar-refractivity contribution < 1.29 is 9.59 Å². The van der Waals surface area contributed by atoms with E-state index in [2.05, 4.69) is 19.2 Å². The smallest absolute Gasteiger partial charge is 0.239 e. The molecule has 0 saturated carbocycles. The second-order valence-corrected chi connectivity index (χ2v) is 5.66. The first-order chi connectivity index (χ1) is 9.11. The summed E-state index contributed by atoms with van der Waals surface area (Å²) in [5.74, 6) is -0.156. The van der Waals surface area contributed by atoms with Crippen LogP contribution < -0.4 is 10.2 Å².